The molecule has 5 aliphatic heterocycles. The van der Waals surface area contributed by atoms with E-state index in [9.17, 15) is 14.4 Å². The van der Waals surface area contributed by atoms with Crippen LogP contribution in [0.5, 0.6) is 0 Å². The van der Waals surface area contributed by atoms with Crippen LogP contribution in [0.3, 0.4) is 0 Å². The average Bonchev–Trinajstić information content (AvgIpc) is 1.22. The van der Waals surface area contributed by atoms with Gasteiger partial charge >= 0.3 is 23.9 Å². The normalized spacial score (nSPS) is 27.9. The van der Waals surface area contributed by atoms with E-state index in [1.165, 1.54) is 32.9 Å². The molecular formula is C75H85NO21Si. The number of carbonyl (C=O) groups is 6. The van der Waals surface area contributed by atoms with Gasteiger partial charge < -0.3 is 70.7 Å². The van der Waals surface area contributed by atoms with Crippen LogP contribution in [0.1, 0.15) is 108 Å². The van der Waals surface area contributed by atoms with Crippen molar-refractivity contribution in [3.63, 3.8) is 0 Å². The Kier molecular flexibility index (Phi) is 23.3. The zero-order chi connectivity index (χ0) is 69.3. The molecule has 0 N–H and O–H groups in total. The van der Waals surface area contributed by atoms with E-state index >= 15 is 14.4 Å². The van der Waals surface area contributed by atoms with Gasteiger partial charge in [-0.05, 0) is 65.0 Å². The Morgan fingerprint density at radius 2 is 1.01 bits per heavy atom. The summed E-state index contributed by atoms with van der Waals surface area (Å²) in [6, 6.07) is 49.8. The van der Waals surface area contributed by atoms with Crippen LogP contribution in [0.2, 0.25) is 18.1 Å². The van der Waals surface area contributed by atoms with E-state index in [0.29, 0.717) is 16.7 Å². The Balaban J connectivity index is 1.10. The Morgan fingerprint density at radius 1 is 0.520 bits per heavy atom. The minimum atomic E-state index is -3.08. The first kappa shape index (κ1) is 71.4. The Hall–Kier alpha value is -7.88. The Morgan fingerprint density at radius 3 is 1.57 bits per heavy atom. The first-order valence-electron chi connectivity index (χ1n) is 33.1. The van der Waals surface area contributed by atoms with Crippen LogP contribution < -0.4 is 0 Å². The zero-order valence-corrected chi connectivity index (χ0v) is 57.3. The lowest BCUT2D eigenvalue weighted by Crippen LogP contribution is -2.71. The third kappa shape index (κ3) is 16.5. The van der Waals surface area contributed by atoms with E-state index in [4.69, 9.17) is 70.7 Å². The van der Waals surface area contributed by atoms with Gasteiger partial charge in [-0.1, -0.05) is 179 Å². The fraction of sp³-hybridized carbons (Fsp3) is 0.440. The van der Waals surface area contributed by atoms with E-state index in [1.807, 2.05) is 134 Å². The minimum absolute atomic E-state index is 0.0258. The van der Waals surface area contributed by atoms with Gasteiger partial charge in [-0.3, -0.25) is 28.9 Å². The predicted octanol–water partition coefficient (Wildman–Crippen LogP) is 10.4. The predicted molar refractivity (Wildman–Crippen MR) is 353 cm³/mol. The molecule has 0 bridgehead atoms. The molecule has 0 spiro atoms. The molecule has 0 aliphatic carbocycles. The molecule has 520 valence electrons. The first-order valence-corrected chi connectivity index (χ1v) is 36.0. The molecule has 0 saturated carbocycles. The Labute approximate surface area is 571 Å². The molecule has 5 aliphatic rings. The summed E-state index contributed by atoms with van der Waals surface area (Å²) in [5.41, 5.74) is 3.06. The fourth-order valence-corrected chi connectivity index (χ4v) is 15.2. The van der Waals surface area contributed by atoms with Crippen LogP contribution in [0.15, 0.2) is 176 Å². The number of hydrogen-bond donors (Lipinski definition) is 0. The molecule has 4 fully saturated rings. The molecule has 5 heterocycles. The molecular weight excluding hydrogens is 1280 g/mol. The smallest absolute Gasteiger partial charge is 0.338 e. The van der Waals surface area contributed by atoms with Gasteiger partial charge in [0.1, 0.15) is 61.5 Å². The van der Waals surface area contributed by atoms with Crippen LogP contribution in [0, 0.1) is 5.92 Å². The van der Waals surface area contributed by atoms with Crippen LogP contribution in [-0.2, 0) is 105 Å². The van der Waals surface area contributed by atoms with Crippen molar-refractivity contribution in [2.45, 2.75) is 185 Å². The second-order valence-electron chi connectivity index (χ2n) is 26.2. The average molecular weight is 1360 g/mol. The maximum absolute atomic E-state index is 15.7. The summed E-state index contributed by atoms with van der Waals surface area (Å²) in [6.45, 7) is 14.9. The molecule has 23 heteroatoms. The van der Waals surface area contributed by atoms with Crippen LogP contribution in [-0.4, -0.2) is 161 Å². The molecule has 0 unspecified atom stereocenters. The Bertz CT molecular complexity index is 3630. The molecule has 0 radical (unpaired) electrons. The van der Waals surface area contributed by atoms with E-state index < -0.39 is 154 Å². The topological polar surface area (TPSA) is 244 Å². The van der Waals surface area contributed by atoms with Crippen molar-refractivity contribution < 1.29 is 99.5 Å². The number of benzene rings is 6. The summed E-state index contributed by atoms with van der Waals surface area (Å²) in [7, 11) is -3.08. The maximum atomic E-state index is 15.7. The molecule has 16 atom stereocenters. The van der Waals surface area contributed by atoms with Gasteiger partial charge in [0.25, 0.3) is 11.8 Å². The van der Waals surface area contributed by atoms with Crippen molar-refractivity contribution in [1.82, 2.24) is 4.90 Å². The van der Waals surface area contributed by atoms with E-state index in [1.54, 1.807) is 42.5 Å². The van der Waals surface area contributed by atoms with Gasteiger partial charge in [-0.2, -0.15) is 0 Å². The van der Waals surface area contributed by atoms with Gasteiger partial charge in [0.15, 0.2) is 51.8 Å². The molecule has 0 aromatic heterocycles. The quantitative estimate of drug-likeness (QED) is 0.0212. The summed E-state index contributed by atoms with van der Waals surface area (Å²) < 4.78 is 102. The zero-order valence-electron chi connectivity index (χ0n) is 56.3. The van der Waals surface area contributed by atoms with Crippen LogP contribution in [0.25, 0.3) is 0 Å². The molecule has 6 aromatic carbocycles. The molecule has 6 aromatic rings. The lowest BCUT2D eigenvalue weighted by molar-refractivity contribution is -0.390. The molecule has 98 heavy (non-hydrogen) atoms. The molecule has 11 rings (SSSR count). The molecule has 4 saturated heterocycles. The fourth-order valence-electron chi connectivity index (χ4n) is 12.7. The number of fused-ring (bicyclic) bond motifs is 2. The molecule has 2 amide bonds. The highest BCUT2D eigenvalue weighted by Crippen LogP contribution is 2.48. The van der Waals surface area contributed by atoms with E-state index in [0.717, 1.165) is 10.5 Å². The number of hydrogen-bond acceptors (Lipinski definition) is 21. The highest BCUT2D eigenvalue weighted by molar-refractivity contribution is 6.74. The summed E-state index contributed by atoms with van der Waals surface area (Å²) in [6.07, 6.45) is -21.4. The monoisotopic (exact) mass is 1360 g/mol. The third-order valence-corrected chi connectivity index (χ3v) is 23.4. The third-order valence-electron chi connectivity index (χ3n) is 18.9. The van der Waals surface area contributed by atoms with Crippen molar-refractivity contribution in [2.24, 2.45) is 5.92 Å². The number of amides is 2. The van der Waals surface area contributed by atoms with Gasteiger partial charge in [-0.15, -0.1) is 0 Å². The number of imide groups is 1. The lowest BCUT2D eigenvalue weighted by atomic mass is 9.92. The highest BCUT2D eigenvalue weighted by atomic mass is 28.4. The largest absolute Gasteiger partial charge is 0.463 e. The maximum Gasteiger partial charge on any atom is 0.338 e. The van der Waals surface area contributed by atoms with Gasteiger partial charge in [0.2, 0.25) is 0 Å². The second-order valence-corrected chi connectivity index (χ2v) is 30.8. The lowest BCUT2D eigenvalue weighted by Gasteiger charge is -2.53. The second kappa shape index (κ2) is 32.0. The van der Waals surface area contributed by atoms with Gasteiger partial charge in [0, 0.05) is 26.3 Å². The minimum Gasteiger partial charge on any atom is -0.463 e. The standard InChI is InChI=1S/C75H85NO21Si/c1-45(2)75(6,7)98(8,9)97-74-67(93-70(82)52-33-21-13-22-34-52)64(60(57(92-74)43-84-46(3)77)85-40-50-29-17-11-18-30-50)96-72-59(76-68(80)54-37-25-26-38-55(54)69(76)81)63(86-41-51-31-19-12-20-32-51)61(56(90-72)42-83-39-49-27-15-10-16-28-49)95-73-66(89-48(5)79)65(88-47(4)78)62-58(91-73)44-87-71(94-62)53-35-23-14-24-36-53/h10-38,45,56-67,71-74H,39-44H2,1-9H3/t56-,57-,58-,59-,60+,61-,62+,63-,64+,65+,66-,67-,71+,72+,73+,74+/m1/s1. The van der Waals surface area contributed by atoms with Crippen molar-refractivity contribution in [3.8, 4) is 0 Å². The van der Waals surface area contributed by atoms with E-state index in [2.05, 4.69) is 27.7 Å². The molecule has 22 nitrogen and oxygen atoms in total. The summed E-state index contributed by atoms with van der Waals surface area (Å²) in [5.74, 6) is -4.45. The van der Waals surface area contributed by atoms with Crippen molar-refractivity contribution >= 4 is 44.0 Å². The number of esters is 4. The van der Waals surface area contributed by atoms with Crippen molar-refractivity contribution in [1.29, 1.82) is 0 Å². The van der Waals surface area contributed by atoms with Crippen LogP contribution >= 0.6 is 0 Å². The highest BCUT2D eigenvalue weighted by Gasteiger charge is 2.62. The SMILES string of the molecule is CC(=O)OC[C@H]1O[C@@H](O[Si](C)(C)C(C)(C)C(C)C)[C@H](OC(=O)c2ccccc2)[C@@H](O[C@@H]2O[C@H](COCc3ccccc3)[C@@H](O[C@@H]3O[C@@H]4CO[C@H](c5ccccc5)O[C@@H]4[C@H](OC(C)=O)[C@H]3OC(C)=O)[C@H](OCc3ccccc3)[C@H]2N2C(=O)c3ccccc3C2=O)[C@H]1OCc1ccccc1. The first-order chi connectivity index (χ1) is 47.1. The van der Waals surface area contributed by atoms with Crippen LogP contribution in [0.4, 0.5) is 0 Å². The van der Waals surface area contributed by atoms with E-state index in [-0.39, 0.29) is 55.6 Å². The summed E-state index contributed by atoms with van der Waals surface area (Å²) in [5, 5.41) is -0.474. The number of rotatable bonds is 26. The van der Waals surface area contributed by atoms with Crippen molar-refractivity contribution in [2.75, 3.05) is 19.8 Å². The summed E-state index contributed by atoms with van der Waals surface area (Å²) in [4.78, 5) is 87.3. The number of carbonyl (C=O) groups excluding carboxylic acids is 6. The van der Waals surface area contributed by atoms with Gasteiger partial charge in [-0.25, -0.2) is 4.79 Å². The van der Waals surface area contributed by atoms with Crippen molar-refractivity contribution in [3.05, 3.63) is 215 Å². The summed E-state index contributed by atoms with van der Waals surface area (Å²) >= 11 is 0. The van der Waals surface area contributed by atoms with Gasteiger partial charge in [0.05, 0.1) is 49.7 Å². The number of nitrogens with zero attached hydrogens (tertiary/aromatic N) is 1. The number of ether oxygens (including phenoxy) is 14.